The van der Waals surface area contributed by atoms with Gasteiger partial charge in [0.25, 0.3) is 0 Å². The van der Waals surface area contributed by atoms with Gasteiger partial charge < -0.3 is 5.11 Å². The Bertz CT molecular complexity index is 660. The van der Waals surface area contributed by atoms with Crippen molar-refractivity contribution in [1.29, 1.82) is 0 Å². The number of rotatable bonds is 5. The Morgan fingerprint density at radius 3 is 2.67 bits per heavy atom. The molecule has 0 aliphatic rings. The first-order valence-corrected chi connectivity index (χ1v) is 6.78. The molecule has 0 bridgehead atoms. The molecule has 0 unspecified atom stereocenters. The Morgan fingerprint density at radius 1 is 1.24 bits per heavy atom. The topological polar surface area (TPSA) is 40.5 Å². The first kappa shape index (κ1) is 15.5. The van der Waals surface area contributed by atoms with Crippen molar-refractivity contribution in [3.63, 3.8) is 0 Å². The average molecular weight is 308 g/mol. The van der Waals surface area contributed by atoms with E-state index in [1.165, 1.54) is 18.2 Å². The molecular formula is C16H15ClFNO2. The molecule has 0 radical (unpaired) electrons. The maximum Gasteiger partial charge on any atom is 0.335 e. The van der Waals surface area contributed by atoms with E-state index in [1.807, 2.05) is 30.1 Å². The molecule has 5 heteroatoms. The van der Waals surface area contributed by atoms with Gasteiger partial charge in [0.2, 0.25) is 0 Å². The molecule has 0 saturated carbocycles. The van der Waals surface area contributed by atoms with E-state index in [1.54, 1.807) is 6.07 Å². The Kier molecular flexibility index (Phi) is 4.94. The predicted molar refractivity (Wildman–Crippen MR) is 80.0 cm³/mol. The molecule has 0 atom stereocenters. The van der Waals surface area contributed by atoms with Crippen LogP contribution >= 0.6 is 11.6 Å². The maximum atomic E-state index is 13.8. The molecule has 0 heterocycles. The second kappa shape index (κ2) is 6.70. The number of benzene rings is 2. The number of hydrogen-bond acceptors (Lipinski definition) is 2. The predicted octanol–water partition coefficient (Wildman–Crippen LogP) is 3.81. The SMILES string of the molecule is CN(Cc1cccc(Cl)c1)Cc1cc(C(=O)O)ccc1F. The van der Waals surface area contributed by atoms with Gasteiger partial charge in [-0.15, -0.1) is 0 Å². The third-order valence-electron chi connectivity index (χ3n) is 3.07. The van der Waals surface area contributed by atoms with Gasteiger partial charge in [-0.05, 0) is 42.9 Å². The van der Waals surface area contributed by atoms with Crippen molar-refractivity contribution in [2.75, 3.05) is 7.05 Å². The molecule has 2 aromatic carbocycles. The van der Waals surface area contributed by atoms with Crippen LogP contribution in [0.4, 0.5) is 4.39 Å². The van der Waals surface area contributed by atoms with E-state index < -0.39 is 11.8 Å². The van der Waals surface area contributed by atoms with Gasteiger partial charge in [0.15, 0.2) is 0 Å². The standard InChI is InChI=1S/C16H15ClFNO2/c1-19(9-11-3-2-4-14(17)7-11)10-13-8-12(16(20)21)5-6-15(13)18/h2-8H,9-10H2,1H3,(H,20,21). The molecule has 0 aliphatic carbocycles. The van der Waals surface area contributed by atoms with Crippen LogP contribution in [0.1, 0.15) is 21.5 Å². The van der Waals surface area contributed by atoms with Gasteiger partial charge in [0.1, 0.15) is 5.82 Å². The lowest BCUT2D eigenvalue weighted by Crippen LogP contribution is -2.18. The van der Waals surface area contributed by atoms with Crippen LogP contribution in [-0.4, -0.2) is 23.0 Å². The normalized spacial score (nSPS) is 10.9. The van der Waals surface area contributed by atoms with Crippen LogP contribution in [0, 0.1) is 5.82 Å². The zero-order chi connectivity index (χ0) is 15.4. The molecule has 110 valence electrons. The van der Waals surface area contributed by atoms with Crippen LogP contribution in [0.3, 0.4) is 0 Å². The highest BCUT2D eigenvalue weighted by atomic mass is 35.5. The lowest BCUT2D eigenvalue weighted by atomic mass is 10.1. The molecule has 0 fully saturated rings. The Balaban J connectivity index is 2.10. The molecular weight excluding hydrogens is 293 g/mol. The monoisotopic (exact) mass is 307 g/mol. The minimum atomic E-state index is -1.06. The number of halogens is 2. The smallest absolute Gasteiger partial charge is 0.335 e. The Morgan fingerprint density at radius 2 is 2.00 bits per heavy atom. The van der Waals surface area contributed by atoms with Gasteiger partial charge in [-0.3, -0.25) is 4.90 Å². The first-order chi connectivity index (χ1) is 9.95. The molecule has 2 rings (SSSR count). The van der Waals surface area contributed by atoms with Gasteiger partial charge >= 0.3 is 5.97 Å². The summed E-state index contributed by atoms with van der Waals surface area (Å²) in [6, 6.07) is 11.3. The van der Waals surface area contributed by atoms with E-state index in [2.05, 4.69) is 0 Å². The summed E-state index contributed by atoms with van der Waals surface area (Å²) < 4.78 is 13.8. The highest BCUT2D eigenvalue weighted by Crippen LogP contribution is 2.16. The Labute approximate surface area is 127 Å². The van der Waals surface area contributed by atoms with Gasteiger partial charge in [0, 0.05) is 23.7 Å². The van der Waals surface area contributed by atoms with E-state index in [0.29, 0.717) is 23.7 Å². The summed E-state index contributed by atoms with van der Waals surface area (Å²) in [5.41, 5.74) is 1.46. The van der Waals surface area contributed by atoms with E-state index in [0.717, 1.165) is 5.56 Å². The van der Waals surface area contributed by atoms with E-state index in [4.69, 9.17) is 16.7 Å². The van der Waals surface area contributed by atoms with E-state index in [9.17, 15) is 9.18 Å². The summed E-state index contributed by atoms with van der Waals surface area (Å²) in [7, 11) is 1.84. The minimum Gasteiger partial charge on any atom is -0.478 e. The lowest BCUT2D eigenvalue weighted by Gasteiger charge is -2.17. The van der Waals surface area contributed by atoms with Crippen LogP contribution in [0.5, 0.6) is 0 Å². The molecule has 1 N–H and O–H groups in total. The van der Waals surface area contributed by atoms with Crippen molar-refractivity contribution in [2.24, 2.45) is 0 Å². The zero-order valence-corrected chi connectivity index (χ0v) is 12.3. The van der Waals surface area contributed by atoms with Crippen molar-refractivity contribution in [2.45, 2.75) is 13.1 Å². The van der Waals surface area contributed by atoms with Gasteiger partial charge in [-0.1, -0.05) is 23.7 Å². The largest absolute Gasteiger partial charge is 0.478 e. The molecule has 2 aromatic rings. The van der Waals surface area contributed by atoms with Crippen LogP contribution in [0.25, 0.3) is 0 Å². The fourth-order valence-corrected chi connectivity index (χ4v) is 2.34. The molecule has 0 saturated heterocycles. The lowest BCUT2D eigenvalue weighted by molar-refractivity contribution is 0.0696. The van der Waals surface area contributed by atoms with Crippen molar-refractivity contribution >= 4 is 17.6 Å². The number of hydrogen-bond donors (Lipinski definition) is 1. The zero-order valence-electron chi connectivity index (χ0n) is 11.5. The molecule has 0 aliphatic heterocycles. The van der Waals surface area contributed by atoms with Gasteiger partial charge in [0.05, 0.1) is 5.56 Å². The quantitative estimate of drug-likeness (QED) is 0.913. The first-order valence-electron chi connectivity index (χ1n) is 6.40. The average Bonchev–Trinajstić information content (AvgIpc) is 2.41. The third kappa shape index (κ3) is 4.28. The third-order valence-corrected chi connectivity index (χ3v) is 3.31. The number of carboxylic acid groups (broad SMARTS) is 1. The number of aromatic carboxylic acids is 1. The highest BCUT2D eigenvalue weighted by molar-refractivity contribution is 6.30. The van der Waals surface area contributed by atoms with Crippen LogP contribution in [0.2, 0.25) is 5.02 Å². The van der Waals surface area contributed by atoms with Crippen molar-refractivity contribution in [3.05, 3.63) is 70.0 Å². The van der Waals surface area contributed by atoms with Gasteiger partial charge in [-0.2, -0.15) is 0 Å². The molecule has 3 nitrogen and oxygen atoms in total. The highest BCUT2D eigenvalue weighted by Gasteiger charge is 2.10. The van der Waals surface area contributed by atoms with Crippen LogP contribution < -0.4 is 0 Å². The van der Waals surface area contributed by atoms with Crippen molar-refractivity contribution < 1.29 is 14.3 Å². The summed E-state index contributed by atoms with van der Waals surface area (Å²) in [5, 5.41) is 9.60. The fraction of sp³-hybridized carbons (Fsp3) is 0.188. The van der Waals surface area contributed by atoms with Crippen LogP contribution in [-0.2, 0) is 13.1 Å². The van der Waals surface area contributed by atoms with E-state index >= 15 is 0 Å². The molecule has 0 spiro atoms. The van der Waals surface area contributed by atoms with Crippen molar-refractivity contribution in [1.82, 2.24) is 4.90 Å². The number of carboxylic acids is 1. The van der Waals surface area contributed by atoms with Crippen molar-refractivity contribution in [3.8, 4) is 0 Å². The fourth-order valence-electron chi connectivity index (χ4n) is 2.12. The summed E-state index contributed by atoms with van der Waals surface area (Å²) in [6.07, 6.45) is 0. The molecule has 0 aromatic heterocycles. The van der Waals surface area contributed by atoms with E-state index in [-0.39, 0.29) is 5.56 Å². The molecule has 0 amide bonds. The Hall–Kier alpha value is -1.91. The second-order valence-electron chi connectivity index (χ2n) is 4.91. The second-order valence-corrected chi connectivity index (χ2v) is 5.35. The number of carbonyl (C=O) groups is 1. The number of nitrogens with zero attached hydrogens (tertiary/aromatic N) is 1. The maximum absolute atomic E-state index is 13.8. The van der Waals surface area contributed by atoms with Gasteiger partial charge in [-0.25, -0.2) is 9.18 Å². The summed E-state index contributed by atoms with van der Waals surface area (Å²) in [4.78, 5) is 12.8. The summed E-state index contributed by atoms with van der Waals surface area (Å²) in [5.74, 6) is -1.47. The summed E-state index contributed by atoms with van der Waals surface area (Å²) >= 11 is 5.93. The minimum absolute atomic E-state index is 0.0857. The van der Waals surface area contributed by atoms with Crippen LogP contribution in [0.15, 0.2) is 42.5 Å². The molecule has 21 heavy (non-hydrogen) atoms. The summed E-state index contributed by atoms with van der Waals surface area (Å²) in [6.45, 7) is 0.913.